The third kappa shape index (κ3) is 10.4. The van der Waals surface area contributed by atoms with Crippen molar-refractivity contribution in [1.29, 1.82) is 0 Å². The minimum atomic E-state index is -3.26. The fourth-order valence-corrected chi connectivity index (χ4v) is 1.87. The third-order valence-electron chi connectivity index (χ3n) is 2.18. The Kier molecular flexibility index (Phi) is 8.28. The number of hydrogen-bond acceptors (Lipinski definition) is 6. The number of carbonyl (C=O) groups excluding carboxylic acids is 1. The van der Waals surface area contributed by atoms with Gasteiger partial charge in [0.15, 0.2) is 0 Å². The number of carboxylic acids is 1. The largest absolute Gasteiger partial charge is 0.480 e. The Bertz CT molecular complexity index is 395. The molecule has 19 heavy (non-hydrogen) atoms. The molecule has 0 aliphatic carbocycles. The highest BCUT2D eigenvalue weighted by Crippen LogP contribution is 1.97. The highest BCUT2D eigenvalue weighted by molar-refractivity contribution is 7.90. The van der Waals surface area contributed by atoms with Gasteiger partial charge in [0.05, 0.1) is 18.9 Å². The van der Waals surface area contributed by atoms with Crippen molar-refractivity contribution in [3.05, 3.63) is 0 Å². The first-order valence-corrected chi connectivity index (χ1v) is 7.72. The summed E-state index contributed by atoms with van der Waals surface area (Å²) in [6, 6.07) is -1.20. The first-order valence-electron chi connectivity index (χ1n) is 5.66. The molecule has 0 bridgehead atoms. The van der Waals surface area contributed by atoms with Crippen molar-refractivity contribution in [2.75, 3.05) is 38.8 Å². The lowest BCUT2D eigenvalue weighted by atomic mass is 10.2. The maximum atomic E-state index is 11.4. The van der Waals surface area contributed by atoms with Crippen LogP contribution in [0.4, 0.5) is 0 Å². The molecule has 0 heterocycles. The fraction of sp³-hybridized carbons (Fsp3) is 0.800. The van der Waals surface area contributed by atoms with Crippen molar-refractivity contribution in [3.63, 3.8) is 0 Å². The first kappa shape index (κ1) is 17.8. The Morgan fingerprint density at radius 3 is 2.47 bits per heavy atom. The molecule has 0 aromatic carbocycles. The molecule has 0 spiro atoms. The molecule has 1 unspecified atom stereocenters. The summed E-state index contributed by atoms with van der Waals surface area (Å²) in [5.41, 5.74) is 0. The van der Waals surface area contributed by atoms with Gasteiger partial charge in [-0.05, 0) is 6.42 Å². The van der Waals surface area contributed by atoms with E-state index in [4.69, 9.17) is 9.84 Å². The van der Waals surface area contributed by atoms with Crippen LogP contribution in [-0.2, 0) is 24.2 Å². The van der Waals surface area contributed by atoms with E-state index >= 15 is 0 Å². The van der Waals surface area contributed by atoms with Gasteiger partial charge in [0.1, 0.15) is 15.9 Å². The Morgan fingerprint density at radius 2 is 2.00 bits per heavy atom. The number of ether oxygens (including phenoxy) is 1. The Labute approximate surface area is 112 Å². The van der Waals surface area contributed by atoms with Gasteiger partial charge in [-0.2, -0.15) is 0 Å². The summed E-state index contributed by atoms with van der Waals surface area (Å²) in [5.74, 6) is -2.05. The van der Waals surface area contributed by atoms with E-state index in [1.807, 2.05) is 0 Å². The number of aliphatic carboxylic acids is 1. The molecule has 0 radical (unpaired) electrons. The number of rotatable bonds is 10. The molecule has 1 amide bonds. The number of sulfone groups is 1. The van der Waals surface area contributed by atoms with Crippen LogP contribution in [0.15, 0.2) is 0 Å². The van der Waals surface area contributed by atoms with Crippen molar-refractivity contribution in [3.8, 4) is 0 Å². The Balaban J connectivity index is 4.12. The minimum Gasteiger partial charge on any atom is -0.480 e. The molecule has 0 saturated carbocycles. The molecular weight excluding hydrogens is 276 g/mol. The second-order valence-electron chi connectivity index (χ2n) is 4.05. The fourth-order valence-electron chi connectivity index (χ4n) is 1.21. The van der Waals surface area contributed by atoms with Crippen LogP contribution in [0, 0.1) is 0 Å². The highest BCUT2D eigenvalue weighted by Gasteiger charge is 2.21. The number of amides is 1. The number of carboxylic acid groups (broad SMARTS) is 1. The summed E-state index contributed by atoms with van der Waals surface area (Å²) >= 11 is 0. The molecule has 0 saturated heterocycles. The van der Waals surface area contributed by atoms with Crippen molar-refractivity contribution < 1.29 is 27.9 Å². The van der Waals surface area contributed by atoms with Gasteiger partial charge in [0, 0.05) is 19.9 Å². The third-order valence-corrected chi connectivity index (χ3v) is 3.16. The molecule has 112 valence electrons. The second kappa shape index (κ2) is 8.83. The van der Waals surface area contributed by atoms with Gasteiger partial charge < -0.3 is 20.5 Å². The van der Waals surface area contributed by atoms with Gasteiger partial charge in [-0.1, -0.05) is 0 Å². The molecule has 0 aromatic rings. The van der Waals surface area contributed by atoms with Crippen LogP contribution in [0.2, 0.25) is 0 Å². The smallest absolute Gasteiger partial charge is 0.326 e. The molecule has 3 N–H and O–H groups in total. The van der Waals surface area contributed by atoms with Crippen molar-refractivity contribution in [2.24, 2.45) is 0 Å². The quantitative estimate of drug-likeness (QED) is 0.408. The summed E-state index contributed by atoms with van der Waals surface area (Å²) in [7, 11) is -1.74. The molecule has 1 atom stereocenters. The second-order valence-corrected chi connectivity index (χ2v) is 6.31. The molecule has 0 aromatic heterocycles. The van der Waals surface area contributed by atoms with Gasteiger partial charge in [0.25, 0.3) is 0 Å². The lowest BCUT2D eigenvalue weighted by molar-refractivity contribution is -0.141. The van der Waals surface area contributed by atoms with E-state index in [0.717, 1.165) is 6.26 Å². The molecule has 9 heteroatoms. The van der Waals surface area contributed by atoms with Crippen LogP contribution in [0.5, 0.6) is 0 Å². The Hall–Kier alpha value is -1.19. The molecule has 0 aliphatic rings. The zero-order valence-electron chi connectivity index (χ0n) is 11.0. The van der Waals surface area contributed by atoms with Crippen LogP contribution < -0.4 is 10.6 Å². The molecule has 0 fully saturated rings. The van der Waals surface area contributed by atoms with Gasteiger partial charge in [-0.15, -0.1) is 0 Å². The van der Waals surface area contributed by atoms with Gasteiger partial charge in [0.2, 0.25) is 5.91 Å². The monoisotopic (exact) mass is 296 g/mol. The summed E-state index contributed by atoms with van der Waals surface area (Å²) in [6.07, 6.45) is 0.859. The lowest BCUT2D eigenvalue weighted by Crippen LogP contribution is -2.45. The van der Waals surface area contributed by atoms with Gasteiger partial charge >= 0.3 is 5.97 Å². The van der Waals surface area contributed by atoms with E-state index in [0.29, 0.717) is 13.2 Å². The average Bonchev–Trinajstić information content (AvgIpc) is 2.28. The molecule has 8 nitrogen and oxygen atoms in total. The lowest BCUT2D eigenvalue weighted by Gasteiger charge is -2.14. The predicted molar refractivity (Wildman–Crippen MR) is 68.6 cm³/mol. The summed E-state index contributed by atoms with van der Waals surface area (Å²) < 4.78 is 26.7. The molecule has 0 aliphatic heterocycles. The average molecular weight is 296 g/mol. The van der Waals surface area contributed by atoms with Gasteiger partial charge in [-0.3, -0.25) is 4.79 Å². The van der Waals surface area contributed by atoms with Crippen molar-refractivity contribution in [1.82, 2.24) is 10.6 Å². The topological polar surface area (TPSA) is 122 Å². The minimum absolute atomic E-state index is 0.0496. The summed E-state index contributed by atoms with van der Waals surface area (Å²) in [6.45, 7) is 0.848. The number of methoxy groups -OCH3 is 1. The SMILES string of the molecule is COCCNCC(=O)NC(CCS(C)(=O)=O)C(=O)O. The van der Waals surface area contributed by atoms with Crippen LogP contribution in [0.3, 0.4) is 0 Å². The summed E-state index contributed by atoms with van der Waals surface area (Å²) in [4.78, 5) is 22.3. The predicted octanol–water partition coefficient (Wildman–Crippen LogP) is -1.77. The Morgan fingerprint density at radius 1 is 1.37 bits per heavy atom. The van der Waals surface area contributed by atoms with Crippen LogP contribution >= 0.6 is 0 Å². The van der Waals surface area contributed by atoms with Crippen molar-refractivity contribution >= 4 is 21.7 Å². The standard InChI is InChI=1S/C10H20N2O6S/c1-18-5-4-11-7-9(13)12-8(10(14)15)3-6-19(2,16)17/h8,11H,3-7H2,1-2H3,(H,12,13)(H,14,15). The summed E-state index contributed by atoms with van der Waals surface area (Å²) in [5, 5.41) is 13.9. The van der Waals surface area contributed by atoms with Crippen LogP contribution in [-0.4, -0.2) is 70.3 Å². The maximum absolute atomic E-state index is 11.4. The molecular formula is C10H20N2O6S. The first-order chi connectivity index (χ1) is 8.76. The highest BCUT2D eigenvalue weighted by atomic mass is 32.2. The van der Waals surface area contributed by atoms with Crippen molar-refractivity contribution in [2.45, 2.75) is 12.5 Å². The van der Waals surface area contributed by atoms with E-state index < -0.39 is 27.8 Å². The van der Waals surface area contributed by atoms with E-state index in [-0.39, 0.29) is 18.7 Å². The van der Waals surface area contributed by atoms with Gasteiger partial charge in [-0.25, -0.2) is 13.2 Å². The normalized spacial score (nSPS) is 12.9. The van der Waals surface area contributed by atoms with E-state index in [1.54, 1.807) is 0 Å². The maximum Gasteiger partial charge on any atom is 0.326 e. The van der Waals surface area contributed by atoms with Crippen LogP contribution in [0.1, 0.15) is 6.42 Å². The zero-order chi connectivity index (χ0) is 14.9. The van der Waals surface area contributed by atoms with Crippen LogP contribution in [0.25, 0.3) is 0 Å². The number of nitrogens with one attached hydrogen (secondary N) is 2. The number of hydrogen-bond donors (Lipinski definition) is 3. The van der Waals surface area contributed by atoms with E-state index in [1.165, 1.54) is 7.11 Å². The van der Waals surface area contributed by atoms with E-state index in [2.05, 4.69) is 10.6 Å². The van der Waals surface area contributed by atoms with E-state index in [9.17, 15) is 18.0 Å². The molecule has 0 rings (SSSR count). The number of carbonyl (C=O) groups is 2. The zero-order valence-corrected chi connectivity index (χ0v) is 11.8.